The Hall–Kier alpha value is -1.36. The van der Waals surface area contributed by atoms with E-state index in [-0.39, 0.29) is 23.4 Å². The molecule has 0 radical (unpaired) electrons. The molecule has 100 valence electrons. The van der Waals surface area contributed by atoms with Gasteiger partial charge in [0.25, 0.3) is 5.56 Å². The number of aromatic nitrogens is 2. The van der Waals surface area contributed by atoms with E-state index in [4.69, 9.17) is 5.73 Å². The fourth-order valence-electron chi connectivity index (χ4n) is 2.59. The molecule has 5 nitrogen and oxygen atoms in total. The van der Waals surface area contributed by atoms with Gasteiger partial charge in [0, 0.05) is 12.5 Å². The summed E-state index contributed by atoms with van der Waals surface area (Å²) >= 11 is 0. The average molecular weight is 251 g/mol. The van der Waals surface area contributed by atoms with Gasteiger partial charge in [0.15, 0.2) is 0 Å². The van der Waals surface area contributed by atoms with E-state index in [1.165, 1.54) is 0 Å². The van der Waals surface area contributed by atoms with Crippen LogP contribution in [-0.2, 0) is 6.42 Å². The maximum atomic E-state index is 12.0. The van der Waals surface area contributed by atoms with Crippen LogP contribution in [0.15, 0.2) is 4.79 Å². The maximum Gasteiger partial charge on any atom is 0.258 e. The smallest absolute Gasteiger partial charge is 0.258 e. The van der Waals surface area contributed by atoms with Gasteiger partial charge in [0.1, 0.15) is 5.82 Å². The molecule has 1 heterocycles. The predicted molar refractivity (Wildman–Crippen MR) is 69.7 cm³/mol. The molecule has 1 aromatic rings. The van der Waals surface area contributed by atoms with E-state index in [1.54, 1.807) is 0 Å². The summed E-state index contributed by atoms with van der Waals surface area (Å²) in [6.07, 6.45) is 5.47. The third-order valence-electron chi connectivity index (χ3n) is 3.73. The number of aromatic hydroxyl groups is 1. The number of nitrogens with two attached hydrogens (primary N) is 1. The Labute approximate surface area is 106 Å². The monoisotopic (exact) mass is 251 g/mol. The lowest BCUT2D eigenvalue weighted by atomic mass is 10.00. The van der Waals surface area contributed by atoms with Crippen LogP contribution in [0.25, 0.3) is 0 Å². The zero-order valence-corrected chi connectivity index (χ0v) is 10.8. The largest absolute Gasteiger partial charge is 0.493 e. The number of aromatic amines is 1. The molecule has 1 aliphatic carbocycles. The molecule has 18 heavy (non-hydrogen) atoms. The summed E-state index contributed by atoms with van der Waals surface area (Å²) in [5.41, 5.74) is 6.08. The first-order valence-electron chi connectivity index (χ1n) is 6.69. The van der Waals surface area contributed by atoms with E-state index in [1.807, 2.05) is 6.92 Å². The lowest BCUT2D eigenvalue weighted by Crippen LogP contribution is -2.26. The third kappa shape index (κ3) is 2.72. The van der Waals surface area contributed by atoms with E-state index >= 15 is 0 Å². The van der Waals surface area contributed by atoms with Gasteiger partial charge in [-0.25, -0.2) is 0 Å². The highest BCUT2D eigenvalue weighted by molar-refractivity contribution is 5.27. The molecule has 1 unspecified atom stereocenters. The van der Waals surface area contributed by atoms with Crippen molar-refractivity contribution in [2.75, 3.05) is 0 Å². The number of hydrogen-bond acceptors (Lipinski definition) is 4. The molecule has 1 saturated carbocycles. The molecule has 0 aromatic carbocycles. The first-order chi connectivity index (χ1) is 8.61. The number of nitrogens with one attached hydrogen (secondary N) is 1. The van der Waals surface area contributed by atoms with Crippen molar-refractivity contribution in [1.82, 2.24) is 9.97 Å². The topological polar surface area (TPSA) is 92.0 Å². The molecule has 1 atom stereocenters. The molecule has 0 amide bonds. The standard InChI is InChI=1S/C13H21N3O2/c1-2-9(14)7-10-15-12(17)11(13(18)16-10)8-5-3-4-6-8/h8-9H,2-7,14H2,1H3,(H2,15,16,17,18). The fourth-order valence-corrected chi connectivity index (χ4v) is 2.59. The average Bonchev–Trinajstić information content (AvgIpc) is 2.81. The molecule has 1 aliphatic rings. The van der Waals surface area contributed by atoms with E-state index < -0.39 is 0 Å². The summed E-state index contributed by atoms with van der Waals surface area (Å²) in [5, 5.41) is 9.95. The zero-order valence-electron chi connectivity index (χ0n) is 10.8. The van der Waals surface area contributed by atoms with Crippen LogP contribution in [0.4, 0.5) is 0 Å². The molecule has 1 aromatic heterocycles. The minimum absolute atomic E-state index is 0.0371. The second-order valence-electron chi connectivity index (χ2n) is 5.10. The summed E-state index contributed by atoms with van der Waals surface area (Å²) in [5.74, 6) is 0.535. The minimum atomic E-state index is -0.201. The number of H-pyrrole nitrogens is 1. The zero-order chi connectivity index (χ0) is 13.1. The van der Waals surface area contributed by atoms with Crippen molar-refractivity contribution in [3.63, 3.8) is 0 Å². The maximum absolute atomic E-state index is 12.0. The van der Waals surface area contributed by atoms with E-state index in [2.05, 4.69) is 9.97 Å². The second kappa shape index (κ2) is 5.52. The first kappa shape index (κ1) is 13.1. The predicted octanol–water partition coefficient (Wildman–Crippen LogP) is 1.41. The highest BCUT2D eigenvalue weighted by Gasteiger charge is 2.24. The van der Waals surface area contributed by atoms with Gasteiger partial charge >= 0.3 is 0 Å². The molecule has 2 rings (SSSR count). The SMILES string of the molecule is CCC(N)Cc1nc(O)c(C2CCCC2)c(=O)[nH]1. The Bertz CT molecular complexity index is 464. The molecule has 4 N–H and O–H groups in total. The van der Waals surface area contributed by atoms with Crippen molar-refractivity contribution in [2.24, 2.45) is 5.73 Å². The van der Waals surface area contributed by atoms with Crippen molar-refractivity contribution in [1.29, 1.82) is 0 Å². The Morgan fingerprint density at radius 2 is 2.17 bits per heavy atom. The molecule has 0 saturated heterocycles. The number of rotatable bonds is 4. The normalized spacial score (nSPS) is 18.1. The fraction of sp³-hybridized carbons (Fsp3) is 0.692. The van der Waals surface area contributed by atoms with Crippen molar-refractivity contribution in [2.45, 2.75) is 57.4 Å². The van der Waals surface area contributed by atoms with Gasteiger partial charge in [-0.15, -0.1) is 0 Å². The summed E-state index contributed by atoms with van der Waals surface area (Å²) in [6, 6.07) is -0.0371. The molecule has 5 heteroatoms. The van der Waals surface area contributed by atoms with Crippen LogP contribution >= 0.6 is 0 Å². The van der Waals surface area contributed by atoms with Gasteiger partial charge in [0.05, 0.1) is 5.56 Å². The van der Waals surface area contributed by atoms with Crippen molar-refractivity contribution in [3.05, 3.63) is 21.7 Å². The minimum Gasteiger partial charge on any atom is -0.493 e. The Balaban J connectivity index is 2.26. The van der Waals surface area contributed by atoms with Gasteiger partial charge in [-0.05, 0) is 25.2 Å². The molecule has 0 spiro atoms. The number of nitrogens with zero attached hydrogens (tertiary/aromatic N) is 1. The highest BCUT2D eigenvalue weighted by Crippen LogP contribution is 2.35. The lowest BCUT2D eigenvalue weighted by Gasteiger charge is -2.12. The Morgan fingerprint density at radius 3 is 2.72 bits per heavy atom. The van der Waals surface area contributed by atoms with Crippen molar-refractivity contribution >= 4 is 0 Å². The summed E-state index contributed by atoms with van der Waals surface area (Å²) in [6.45, 7) is 1.98. The summed E-state index contributed by atoms with van der Waals surface area (Å²) < 4.78 is 0. The van der Waals surface area contributed by atoms with Crippen LogP contribution < -0.4 is 11.3 Å². The molecule has 1 fully saturated rings. The van der Waals surface area contributed by atoms with Gasteiger partial charge < -0.3 is 15.8 Å². The van der Waals surface area contributed by atoms with E-state index in [0.29, 0.717) is 17.8 Å². The van der Waals surface area contributed by atoms with Crippen LogP contribution in [0, 0.1) is 0 Å². The van der Waals surface area contributed by atoms with Crippen LogP contribution in [0.1, 0.15) is 56.3 Å². The molecular weight excluding hydrogens is 230 g/mol. The quantitative estimate of drug-likeness (QED) is 0.754. The lowest BCUT2D eigenvalue weighted by molar-refractivity contribution is 0.430. The van der Waals surface area contributed by atoms with Crippen LogP contribution in [0.2, 0.25) is 0 Å². The van der Waals surface area contributed by atoms with Gasteiger partial charge in [-0.1, -0.05) is 19.8 Å². The second-order valence-corrected chi connectivity index (χ2v) is 5.10. The van der Waals surface area contributed by atoms with Crippen molar-refractivity contribution in [3.8, 4) is 5.88 Å². The van der Waals surface area contributed by atoms with Gasteiger partial charge in [-0.3, -0.25) is 4.79 Å². The third-order valence-corrected chi connectivity index (χ3v) is 3.73. The van der Waals surface area contributed by atoms with E-state index in [0.717, 1.165) is 32.1 Å². The van der Waals surface area contributed by atoms with E-state index in [9.17, 15) is 9.90 Å². The van der Waals surface area contributed by atoms with Crippen LogP contribution in [0.3, 0.4) is 0 Å². The highest BCUT2D eigenvalue weighted by atomic mass is 16.3. The first-order valence-corrected chi connectivity index (χ1v) is 6.69. The van der Waals surface area contributed by atoms with Crippen LogP contribution in [-0.4, -0.2) is 21.1 Å². The van der Waals surface area contributed by atoms with Crippen molar-refractivity contribution < 1.29 is 5.11 Å². The summed E-state index contributed by atoms with van der Waals surface area (Å²) in [4.78, 5) is 18.9. The number of hydrogen-bond donors (Lipinski definition) is 3. The summed E-state index contributed by atoms with van der Waals surface area (Å²) in [7, 11) is 0. The molecule has 0 bridgehead atoms. The Morgan fingerprint density at radius 1 is 1.50 bits per heavy atom. The molecular formula is C13H21N3O2. The van der Waals surface area contributed by atoms with Gasteiger partial charge in [0.2, 0.25) is 5.88 Å². The van der Waals surface area contributed by atoms with Gasteiger partial charge in [-0.2, -0.15) is 4.98 Å². The van der Waals surface area contributed by atoms with Crippen LogP contribution in [0.5, 0.6) is 5.88 Å². The molecule has 0 aliphatic heterocycles. The Kier molecular flexibility index (Phi) is 4.01.